The molecule has 0 fully saturated rings. The molecule has 17 heavy (non-hydrogen) atoms. The van der Waals surface area contributed by atoms with Gasteiger partial charge in [-0.25, -0.2) is 0 Å². The first kappa shape index (κ1) is 14.5. The molecule has 2 atom stereocenters. The number of benzene rings is 1. The van der Waals surface area contributed by atoms with Crippen LogP contribution in [0.15, 0.2) is 22.7 Å². The first-order valence-electron chi connectivity index (χ1n) is 6.27. The Kier molecular flexibility index (Phi) is 6.00. The molecule has 0 aliphatic heterocycles. The predicted molar refractivity (Wildman–Crippen MR) is 76.6 cm³/mol. The van der Waals surface area contributed by atoms with Gasteiger partial charge in [0.05, 0.1) is 6.10 Å². The van der Waals surface area contributed by atoms with Gasteiger partial charge in [0.25, 0.3) is 0 Å². The Morgan fingerprint density at radius 2 is 2.00 bits per heavy atom. The highest BCUT2D eigenvalue weighted by atomic mass is 79.9. The minimum atomic E-state index is 0.253. The molecule has 1 aromatic carbocycles. The normalized spacial score (nSPS) is 14.4. The van der Waals surface area contributed by atoms with Gasteiger partial charge in [-0.1, -0.05) is 29.8 Å². The minimum absolute atomic E-state index is 0.253. The Balaban J connectivity index is 2.94. The van der Waals surface area contributed by atoms with E-state index in [0.717, 1.165) is 23.2 Å². The largest absolute Gasteiger partial charge is 0.490 e. The summed E-state index contributed by atoms with van der Waals surface area (Å²) in [7, 11) is 0. The maximum Gasteiger partial charge on any atom is 0.124 e. The maximum absolute atomic E-state index is 5.96. The highest BCUT2D eigenvalue weighted by molar-refractivity contribution is 9.10. The number of halogens is 1. The topological polar surface area (TPSA) is 21.3 Å². The summed E-state index contributed by atoms with van der Waals surface area (Å²) in [4.78, 5) is 0. The summed E-state index contributed by atoms with van der Waals surface area (Å²) in [6.07, 6.45) is 1.27. The van der Waals surface area contributed by atoms with Crippen LogP contribution in [0.5, 0.6) is 5.75 Å². The van der Waals surface area contributed by atoms with Gasteiger partial charge in [-0.3, -0.25) is 0 Å². The lowest BCUT2D eigenvalue weighted by molar-refractivity contribution is 0.213. The molecule has 0 saturated heterocycles. The van der Waals surface area contributed by atoms with Gasteiger partial charge in [0.2, 0.25) is 0 Å². The van der Waals surface area contributed by atoms with Crippen molar-refractivity contribution in [3.63, 3.8) is 0 Å². The molecule has 2 nitrogen and oxygen atoms in total. The first-order valence-corrected chi connectivity index (χ1v) is 7.07. The lowest BCUT2D eigenvalue weighted by Gasteiger charge is -2.20. The monoisotopic (exact) mass is 299 g/mol. The van der Waals surface area contributed by atoms with E-state index in [2.05, 4.69) is 55.0 Å². The Hall–Kier alpha value is -0.540. The van der Waals surface area contributed by atoms with Crippen LogP contribution < -0.4 is 10.1 Å². The van der Waals surface area contributed by atoms with E-state index in [1.807, 2.05) is 12.1 Å². The average molecular weight is 300 g/mol. The molecule has 0 aliphatic carbocycles. The number of ether oxygens (including phenoxy) is 1. The lowest BCUT2D eigenvalue weighted by atomic mass is 10.1. The van der Waals surface area contributed by atoms with Crippen molar-refractivity contribution in [3.05, 3.63) is 28.2 Å². The molecule has 0 aromatic heterocycles. The van der Waals surface area contributed by atoms with Crippen LogP contribution in [-0.2, 0) is 0 Å². The molecule has 0 bridgehead atoms. The summed E-state index contributed by atoms with van der Waals surface area (Å²) in [5.74, 6) is 0.982. The third kappa shape index (κ3) is 4.32. The Labute approximate surface area is 113 Å². The van der Waals surface area contributed by atoms with Crippen LogP contribution in [0.4, 0.5) is 0 Å². The van der Waals surface area contributed by atoms with Gasteiger partial charge in [0, 0.05) is 16.1 Å². The predicted octanol–water partition coefficient (Wildman–Crippen LogP) is 4.30. The van der Waals surface area contributed by atoms with E-state index in [1.54, 1.807) is 0 Å². The fraction of sp³-hybridized carbons (Fsp3) is 0.571. The molecule has 96 valence electrons. The fourth-order valence-electron chi connectivity index (χ4n) is 1.68. The van der Waals surface area contributed by atoms with E-state index in [9.17, 15) is 0 Å². The molecular weight excluding hydrogens is 278 g/mol. The van der Waals surface area contributed by atoms with Crippen molar-refractivity contribution in [2.45, 2.75) is 46.3 Å². The first-order chi connectivity index (χ1) is 8.08. The lowest BCUT2D eigenvalue weighted by Crippen LogP contribution is -2.20. The smallest absolute Gasteiger partial charge is 0.124 e. The highest BCUT2D eigenvalue weighted by Crippen LogP contribution is 2.29. The van der Waals surface area contributed by atoms with Crippen molar-refractivity contribution in [1.82, 2.24) is 5.32 Å². The summed E-state index contributed by atoms with van der Waals surface area (Å²) >= 11 is 3.52. The maximum atomic E-state index is 5.96. The molecule has 1 rings (SSSR count). The van der Waals surface area contributed by atoms with Gasteiger partial charge in [0.15, 0.2) is 0 Å². The second-order valence-corrected chi connectivity index (χ2v) is 5.21. The van der Waals surface area contributed by atoms with Gasteiger partial charge in [-0.05, 0) is 45.0 Å². The van der Waals surface area contributed by atoms with Crippen LogP contribution in [0.25, 0.3) is 0 Å². The fourth-order valence-corrected chi connectivity index (χ4v) is 2.06. The highest BCUT2D eigenvalue weighted by Gasteiger charge is 2.13. The van der Waals surface area contributed by atoms with Crippen LogP contribution in [0, 0.1) is 0 Å². The summed E-state index contributed by atoms with van der Waals surface area (Å²) in [5.41, 5.74) is 1.21. The number of nitrogens with one attached hydrogen (secondary N) is 1. The van der Waals surface area contributed by atoms with Crippen molar-refractivity contribution in [2.24, 2.45) is 0 Å². The molecule has 0 radical (unpaired) electrons. The second-order valence-electron chi connectivity index (χ2n) is 4.30. The van der Waals surface area contributed by atoms with Crippen LogP contribution in [-0.4, -0.2) is 12.6 Å². The van der Waals surface area contributed by atoms with Gasteiger partial charge in [-0.15, -0.1) is 0 Å². The van der Waals surface area contributed by atoms with Gasteiger partial charge >= 0.3 is 0 Å². The van der Waals surface area contributed by atoms with Crippen molar-refractivity contribution in [2.75, 3.05) is 6.54 Å². The minimum Gasteiger partial charge on any atom is -0.490 e. The Morgan fingerprint density at radius 3 is 2.59 bits per heavy atom. The zero-order valence-corrected chi connectivity index (χ0v) is 12.7. The number of hydrogen-bond acceptors (Lipinski definition) is 2. The van der Waals surface area contributed by atoms with Crippen LogP contribution in [0.3, 0.4) is 0 Å². The molecule has 0 amide bonds. The zero-order valence-electron chi connectivity index (χ0n) is 11.1. The van der Waals surface area contributed by atoms with Gasteiger partial charge in [0.1, 0.15) is 5.75 Å². The summed E-state index contributed by atoms with van der Waals surface area (Å²) in [6.45, 7) is 9.47. The molecule has 2 unspecified atom stereocenters. The van der Waals surface area contributed by atoms with E-state index in [0.29, 0.717) is 6.04 Å². The van der Waals surface area contributed by atoms with E-state index < -0.39 is 0 Å². The molecule has 1 aromatic rings. The number of hydrogen-bond donors (Lipinski definition) is 1. The third-order valence-electron chi connectivity index (χ3n) is 2.85. The van der Waals surface area contributed by atoms with E-state index in [-0.39, 0.29) is 6.10 Å². The standard InChI is InChI=1S/C14H22BrNO/c1-5-10(3)17-14-8-7-12(15)9-13(14)11(4)16-6-2/h7-11,16H,5-6H2,1-4H3. The summed E-state index contributed by atoms with van der Waals surface area (Å²) in [6, 6.07) is 6.50. The summed E-state index contributed by atoms with van der Waals surface area (Å²) < 4.78 is 7.05. The molecule has 0 heterocycles. The van der Waals surface area contributed by atoms with Crippen LogP contribution in [0.2, 0.25) is 0 Å². The van der Waals surface area contributed by atoms with Crippen molar-refractivity contribution in [1.29, 1.82) is 0 Å². The van der Waals surface area contributed by atoms with Crippen molar-refractivity contribution < 1.29 is 4.74 Å². The molecule has 0 spiro atoms. The van der Waals surface area contributed by atoms with Gasteiger partial charge < -0.3 is 10.1 Å². The second kappa shape index (κ2) is 7.02. The molecule has 0 aliphatic rings. The molecule has 1 N–H and O–H groups in total. The third-order valence-corrected chi connectivity index (χ3v) is 3.34. The summed E-state index contributed by atoms with van der Waals surface area (Å²) in [5, 5.41) is 3.42. The quantitative estimate of drug-likeness (QED) is 0.846. The molecule has 0 saturated carbocycles. The SMILES string of the molecule is CCNC(C)c1cc(Br)ccc1OC(C)CC. The number of rotatable bonds is 6. The van der Waals surface area contributed by atoms with Crippen molar-refractivity contribution >= 4 is 15.9 Å². The molecule has 3 heteroatoms. The van der Waals surface area contributed by atoms with E-state index in [1.165, 1.54) is 5.56 Å². The van der Waals surface area contributed by atoms with Crippen LogP contribution >= 0.6 is 15.9 Å². The molecular formula is C14H22BrNO. The van der Waals surface area contributed by atoms with E-state index >= 15 is 0 Å². The average Bonchev–Trinajstić information content (AvgIpc) is 2.31. The zero-order chi connectivity index (χ0) is 12.8. The Morgan fingerprint density at radius 1 is 1.29 bits per heavy atom. The van der Waals surface area contributed by atoms with Crippen molar-refractivity contribution in [3.8, 4) is 5.75 Å². The van der Waals surface area contributed by atoms with Crippen LogP contribution in [0.1, 0.15) is 45.7 Å². The Bertz CT molecular complexity index is 354. The van der Waals surface area contributed by atoms with Gasteiger partial charge in [-0.2, -0.15) is 0 Å². The van der Waals surface area contributed by atoms with E-state index in [4.69, 9.17) is 4.74 Å².